The van der Waals surface area contributed by atoms with Crippen LogP contribution in [0.25, 0.3) is 0 Å². The molecule has 0 aliphatic carbocycles. The summed E-state index contributed by atoms with van der Waals surface area (Å²) in [5.41, 5.74) is 0. The minimum absolute atomic E-state index is 0.225. The molecule has 100 valence electrons. The van der Waals surface area contributed by atoms with Gasteiger partial charge in [0, 0.05) is 0 Å². The second-order valence-electron chi connectivity index (χ2n) is 4.53. The van der Waals surface area contributed by atoms with Crippen LogP contribution in [0.3, 0.4) is 0 Å². The van der Waals surface area contributed by atoms with Crippen molar-refractivity contribution < 1.29 is 19.8 Å². The minimum Gasteiger partial charge on any atom is -0.481 e. The second-order valence-corrected chi connectivity index (χ2v) is 5.38. The summed E-state index contributed by atoms with van der Waals surface area (Å²) < 4.78 is -1.44. The van der Waals surface area contributed by atoms with Crippen molar-refractivity contribution in [1.29, 1.82) is 0 Å². The van der Waals surface area contributed by atoms with E-state index in [9.17, 15) is 9.59 Å². The van der Waals surface area contributed by atoms with Crippen molar-refractivity contribution in [3.63, 3.8) is 0 Å². The lowest BCUT2D eigenvalue weighted by atomic mass is 9.86. The number of carboxylic acid groups (broad SMARTS) is 2. The fraction of sp³-hybridized carbons (Fsp3) is 0.833. The molecule has 0 fully saturated rings. The van der Waals surface area contributed by atoms with Crippen LogP contribution in [0.2, 0.25) is 0 Å². The van der Waals surface area contributed by atoms with Crippen molar-refractivity contribution in [2.75, 3.05) is 0 Å². The Bertz CT molecular complexity index is 267. The molecule has 17 heavy (non-hydrogen) atoms. The number of hydrogen-bond acceptors (Lipinski definition) is 3. The van der Waals surface area contributed by atoms with Gasteiger partial charge in [0.05, 0.1) is 6.42 Å². The van der Waals surface area contributed by atoms with Crippen molar-refractivity contribution in [3.05, 3.63) is 0 Å². The first-order valence-electron chi connectivity index (χ1n) is 6.03. The highest BCUT2D eigenvalue weighted by Gasteiger charge is 2.38. The van der Waals surface area contributed by atoms with Crippen LogP contribution in [0.4, 0.5) is 0 Å². The van der Waals surface area contributed by atoms with Crippen LogP contribution in [-0.4, -0.2) is 26.9 Å². The summed E-state index contributed by atoms with van der Waals surface area (Å²) in [6.45, 7) is 4.08. The summed E-state index contributed by atoms with van der Waals surface area (Å²) in [7, 11) is 0. The molecule has 0 aromatic rings. The zero-order chi connectivity index (χ0) is 13.5. The van der Waals surface area contributed by atoms with Gasteiger partial charge in [0.15, 0.2) is 0 Å². The molecule has 2 N–H and O–H groups in total. The largest absolute Gasteiger partial charge is 0.481 e. The molecule has 0 saturated heterocycles. The standard InChI is InChI=1S/C12H22O4S/c1-3-5-6-9(4-2)7-12(17,11(15)16)8-10(13)14/h9,17H,3-8H2,1-2H3,(H,13,14)(H,15,16). The number of aliphatic carboxylic acids is 2. The summed E-state index contributed by atoms with van der Waals surface area (Å²) in [4.78, 5) is 21.8. The first-order chi connectivity index (χ1) is 7.85. The van der Waals surface area contributed by atoms with E-state index in [4.69, 9.17) is 10.2 Å². The molecule has 0 spiro atoms. The van der Waals surface area contributed by atoms with E-state index in [2.05, 4.69) is 19.6 Å². The van der Waals surface area contributed by atoms with Gasteiger partial charge in [-0.3, -0.25) is 9.59 Å². The third kappa shape index (κ3) is 5.96. The zero-order valence-electron chi connectivity index (χ0n) is 10.5. The monoisotopic (exact) mass is 262 g/mol. The summed E-state index contributed by atoms with van der Waals surface area (Å²) in [5, 5.41) is 17.9. The van der Waals surface area contributed by atoms with Gasteiger partial charge in [-0.1, -0.05) is 39.5 Å². The molecule has 0 heterocycles. The maximum Gasteiger partial charge on any atom is 0.320 e. The highest BCUT2D eigenvalue weighted by Crippen LogP contribution is 2.32. The van der Waals surface area contributed by atoms with Gasteiger partial charge in [-0.25, -0.2) is 0 Å². The molecule has 2 unspecified atom stereocenters. The Morgan fingerprint density at radius 3 is 2.24 bits per heavy atom. The van der Waals surface area contributed by atoms with Gasteiger partial charge in [0.2, 0.25) is 0 Å². The van der Waals surface area contributed by atoms with E-state index in [0.717, 1.165) is 25.7 Å². The summed E-state index contributed by atoms with van der Waals surface area (Å²) in [6.07, 6.45) is 3.76. The van der Waals surface area contributed by atoms with Crippen LogP contribution < -0.4 is 0 Å². The number of unbranched alkanes of at least 4 members (excludes halogenated alkanes) is 1. The third-order valence-electron chi connectivity index (χ3n) is 3.01. The summed E-state index contributed by atoms with van der Waals surface area (Å²) >= 11 is 4.09. The van der Waals surface area contributed by atoms with Gasteiger partial charge in [-0.15, -0.1) is 0 Å². The molecule has 5 heteroatoms. The van der Waals surface area contributed by atoms with Crippen molar-refractivity contribution >= 4 is 24.6 Å². The van der Waals surface area contributed by atoms with Crippen LogP contribution in [0, 0.1) is 5.92 Å². The predicted molar refractivity (Wildman–Crippen MR) is 69.5 cm³/mol. The van der Waals surface area contributed by atoms with Crippen LogP contribution in [0.15, 0.2) is 0 Å². The molecule has 2 atom stereocenters. The Labute approximate surface area is 108 Å². The molecule has 0 amide bonds. The van der Waals surface area contributed by atoms with Crippen molar-refractivity contribution in [3.8, 4) is 0 Å². The summed E-state index contributed by atoms with van der Waals surface area (Å²) in [5.74, 6) is -2.03. The quantitative estimate of drug-likeness (QED) is 0.559. The topological polar surface area (TPSA) is 74.6 Å². The maximum absolute atomic E-state index is 11.1. The average Bonchev–Trinajstić information content (AvgIpc) is 2.22. The van der Waals surface area contributed by atoms with Crippen LogP contribution in [0.5, 0.6) is 0 Å². The van der Waals surface area contributed by atoms with E-state index < -0.39 is 23.1 Å². The lowest BCUT2D eigenvalue weighted by Gasteiger charge is -2.26. The van der Waals surface area contributed by atoms with Gasteiger partial charge < -0.3 is 10.2 Å². The van der Waals surface area contributed by atoms with Crippen molar-refractivity contribution in [2.45, 2.75) is 57.1 Å². The molecule has 0 aromatic carbocycles. The van der Waals surface area contributed by atoms with Gasteiger partial charge in [0.25, 0.3) is 0 Å². The number of carbonyl (C=O) groups is 2. The first kappa shape index (κ1) is 16.3. The molecule has 0 rings (SSSR count). The van der Waals surface area contributed by atoms with Crippen molar-refractivity contribution in [2.24, 2.45) is 5.92 Å². The van der Waals surface area contributed by atoms with Crippen LogP contribution in [-0.2, 0) is 9.59 Å². The van der Waals surface area contributed by atoms with Gasteiger partial charge >= 0.3 is 11.9 Å². The maximum atomic E-state index is 11.1. The van der Waals surface area contributed by atoms with Gasteiger partial charge in [-0.05, 0) is 12.3 Å². The number of rotatable bonds is 9. The Hall–Kier alpha value is -0.710. The number of thiol groups is 1. The molecule has 0 aliphatic rings. The van der Waals surface area contributed by atoms with E-state index in [1.807, 2.05) is 6.92 Å². The molecule has 0 aliphatic heterocycles. The minimum atomic E-state index is -1.44. The molecule has 0 saturated carbocycles. The Morgan fingerprint density at radius 1 is 1.29 bits per heavy atom. The Balaban J connectivity index is 4.60. The molecule has 0 radical (unpaired) electrons. The lowest BCUT2D eigenvalue weighted by molar-refractivity contribution is -0.146. The smallest absolute Gasteiger partial charge is 0.320 e. The second kappa shape index (κ2) is 7.58. The van der Waals surface area contributed by atoms with Crippen LogP contribution in [0.1, 0.15) is 52.4 Å². The van der Waals surface area contributed by atoms with E-state index in [1.165, 1.54) is 0 Å². The molecule has 0 bridgehead atoms. The highest BCUT2D eigenvalue weighted by molar-refractivity contribution is 7.82. The fourth-order valence-corrected chi connectivity index (χ4v) is 2.30. The number of hydrogen-bond donors (Lipinski definition) is 3. The highest BCUT2D eigenvalue weighted by atomic mass is 32.1. The van der Waals surface area contributed by atoms with Crippen LogP contribution >= 0.6 is 12.6 Å². The molecular weight excluding hydrogens is 240 g/mol. The third-order valence-corrected chi connectivity index (χ3v) is 3.54. The predicted octanol–water partition coefficient (Wildman–Crippen LogP) is 2.82. The molecule has 0 aromatic heterocycles. The average molecular weight is 262 g/mol. The Kier molecular flexibility index (Phi) is 7.27. The summed E-state index contributed by atoms with van der Waals surface area (Å²) in [6, 6.07) is 0. The van der Waals surface area contributed by atoms with Gasteiger partial charge in [-0.2, -0.15) is 12.6 Å². The van der Waals surface area contributed by atoms with Gasteiger partial charge in [0.1, 0.15) is 4.75 Å². The first-order valence-corrected chi connectivity index (χ1v) is 6.48. The molecular formula is C12H22O4S. The lowest BCUT2D eigenvalue weighted by Crippen LogP contribution is -2.37. The zero-order valence-corrected chi connectivity index (χ0v) is 11.4. The Morgan fingerprint density at radius 2 is 1.88 bits per heavy atom. The van der Waals surface area contributed by atoms with E-state index in [-0.39, 0.29) is 5.92 Å². The normalized spacial score (nSPS) is 16.2. The molecule has 4 nitrogen and oxygen atoms in total. The van der Waals surface area contributed by atoms with E-state index in [0.29, 0.717) is 6.42 Å². The van der Waals surface area contributed by atoms with E-state index >= 15 is 0 Å². The van der Waals surface area contributed by atoms with E-state index in [1.54, 1.807) is 0 Å². The fourth-order valence-electron chi connectivity index (χ4n) is 1.91. The number of carboxylic acids is 2. The van der Waals surface area contributed by atoms with Crippen molar-refractivity contribution in [1.82, 2.24) is 0 Å². The SMILES string of the molecule is CCCCC(CC)CC(S)(CC(=O)O)C(=O)O.